The maximum atomic E-state index is 12.1. The highest BCUT2D eigenvalue weighted by atomic mass is 32.2. The SMILES string of the molecule is Cn1ncc(C(=O)O)c1NS(=O)(=O)c1c[nH]c(=O)[nH]c1=O. The van der Waals surface area contributed by atoms with Crippen LogP contribution in [0.3, 0.4) is 0 Å². The highest BCUT2D eigenvalue weighted by molar-refractivity contribution is 7.92. The molecule has 0 unspecified atom stereocenters. The first-order valence-electron chi connectivity index (χ1n) is 5.32. The fourth-order valence-corrected chi connectivity index (χ4v) is 2.61. The summed E-state index contributed by atoms with van der Waals surface area (Å²) in [6.45, 7) is 0. The minimum Gasteiger partial charge on any atom is -0.477 e. The third kappa shape index (κ3) is 2.69. The number of hydrogen-bond acceptors (Lipinski definition) is 6. The lowest BCUT2D eigenvalue weighted by molar-refractivity contribution is 0.0698. The monoisotopic (exact) mass is 315 g/mol. The van der Waals surface area contributed by atoms with Crippen molar-refractivity contribution in [2.45, 2.75) is 4.90 Å². The zero-order chi connectivity index (χ0) is 15.8. The topological polar surface area (TPSA) is 167 Å². The lowest BCUT2D eigenvalue weighted by Crippen LogP contribution is -2.30. The van der Waals surface area contributed by atoms with Crippen LogP contribution in [0.1, 0.15) is 10.4 Å². The number of aryl methyl sites for hydroxylation is 1. The molecule has 0 spiro atoms. The molecule has 2 aromatic heterocycles. The first-order chi connectivity index (χ1) is 9.72. The zero-order valence-electron chi connectivity index (χ0n) is 10.4. The predicted molar refractivity (Wildman–Crippen MR) is 68.7 cm³/mol. The molecule has 4 N–H and O–H groups in total. The molecule has 0 bridgehead atoms. The second-order valence-electron chi connectivity index (χ2n) is 3.88. The van der Waals surface area contributed by atoms with E-state index in [4.69, 9.17) is 5.11 Å². The Morgan fingerprint density at radius 3 is 2.67 bits per heavy atom. The Morgan fingerprint density at radius 1 is 1.43 bits per heavy atom. The Morgan fingerprint density at radius 2 is 2.10 bits per heavy atom. The fourth-order valence-electron chi connectivity index (χ4n) is 1.49. The van der Waals surface area contributed by atoms with E-state index < -0.39 is 32.1 Å². The van der Waals surface area contributed by atoms with Crippen molar-refractivity contribution in [3.8, 4) is 0 Å². The molecular weight excluding hydrogens is 306 g/mol. The van der Waals surface area contributed by atoms with Crippen molar-refractivity contribution in [3.05, 3.63) is 38.8 Å². The van der Waals surface area contributed by atoms with Crippen molar-refractivity contribution in [2.24, 2.45) is 7.05 Å². The lowest BCUT2D eigenvalue weighted by Gasteiger charge is -2.08. The van der Waals surface area contributed by atoms with Crippen LogP contribution in [0.15, 0.2) is 26.9 Å². The Balaban J connectivity index is 2.52. The van der Waals surface area contributed by atoms with E-state index in [-0.39, 0.29) is 11.4 Å². The van der Waals surface area contributed by atoms with Gasteiger partial charge in [0.1, 0.15) is 5.56 Å². The number of hydrogen-bond donors (Lipinski definition) is 4. The van der Waals surface area contributed by atoms with Gasteiger partial charge in [0.15, 0.2) is 10.7 Å². The summed E-state index contributed by atoms with van der Waals surface area (Å²) in [5.74, 6) is -1.72. The van der Waals surface area contributed by atoms with Crippen LogP contribution in [-0.4, -0.2) is 39.2 Å². The quantitative estimate of drug-likeness (QED) is 0.521. The third-order valence-electron chi connectivity index (χ3n) is 2.47. The molecule has 2 heterocycles. The average molecular weight is 315 g/mol. The molecule has 0 amide bonds. The average Bonchev–Trinajstić information content (AvgIpc) is 2.70. The first kappa shape index (κ1) is 14.5. The number of aromatic amines is 2. The highest BCUT2D eigenvalue weighted by Gasteiger charge is 2.24. The Labute approximate surface area is 116 Å². The van der Waals surface area contributed by atoms with E-state index in [1.165, 1.54) is 7.05 Å². The summed E-state index contributed by atoms with van der Waals surface area (Å²) in [6.07, 6.45) is 1.66. The minimum atomic E-state index is -4.40. The number of nitrogens with zero attached hydrogens (tertiary/aromatic N) is 2. The van der Waals surface area contributed by atoms with Gasteiger partial charge in [-0.25, -0.2) is 18.0 Å². The molecule has 0 fully saturated rings. The predicted octanol–water partition coefficient (Wildman–Crippen LogP) is -1.70. The maximum Gasteiger partial charge on any atom is 0.341 e. The van der Waals surface area contributed by atoms with Gasteiger partial charge in [-0.2, -0.15) is 5.10 Å². The number of carbonyl (C=O) groups is 1. The van der Waals surface area contributed by atoms with E-state index in [1.807, 2.05) is 9.71 Å². The maximum absolute atomic E-state index is 12.1. The third-order valence-corrected chi connectivity index (χ3v) is 3.82. The summed E-state index contributed by atoms with van der Waals surface area (Å²) in [5.41, 5.74) is -2.39. The normalized spacial score (nSPS) is 11.3. The van der Waals surface area contributed by atoms with E-state index in [1.54, 1.807) is 4.98 Å². The number of aromatic nitrogens is 4. The molecule has 112 valence electrons. The largest absolute Gasteiger partial charge is 0.477 e. The van der Waals surface area contributed by atoms with Crippen molar-refractivity contribution in [1.82, 2.24) is 19.7 Å². The smallest absolute Gasteiger partial charge is 0.341 e. The van der Waals surface area contributed by atoms with Gasteiger partial charge in [-0.15, -0.1) is 0 Å². The van der Waals surface area contributed by atoms with Gasteiger partial charge in [0.25, 0.3) is 15.6 Å². The summed E-state index contributed by atoms with van der Waals surface area (Å²) >= 11 is 0. The van der Waals surface area contributed by atoms with E-state index in [9.17, 15) is 22.8 Å². The number of carboxylic acid groups (broad SMARTS) is 1. The molecule has 0 saturated heterocycles. The number of rotatable bonds is 4. The molecular formula is C9H9N5O6S. The molecule has 2 rings (SSSR count). The zero-order valence-corrected chi connectivity index (χ0v) is 11.3. The molecule has 0 radical (unpaired) electrons. The Kier molecular flexibility index (Phi) is 3.39. The van der Waals surface area contributed by atoms with Crippen molar-refractivity contribution >= 4 is 21.8 Å². The van der Waals surface area contributed by atoms with E-state index in [0.29, 0.717) is 6.20 Å². The van der Waals surface area contributed by atoms with Crippen molar-refractivity contribution in [3.63, 3.8) is 0 Å². The van der Waals surface area contributed by atoms with Crippen LogP contribution in [0.5, 0.6) is 0 Å². The molecule has 0 aliphatic heterocycles. The number of carboxylic acids is 1. The van der Waals surface area contributed by atoms with E-state index in [2.05, 4.69) is 5.10 Å². The summed E-state index contributed by atoms with van der Waals surface area (Å²) in [6, 6.07) is 0. The van der Waals surface area contributed by atoms with Gasteiger partial charge in [-0.05, 0) is 0 Å². The number of anilines is 1. The van der Waals surface area contributed by atoms with Gasteiger partial charge in [0, 0.05) is 13.2 Å². The number of aromatic carboxylic acids is 1. The molecule has 0 aliphatic rings. The molecule has 0 atom stereocenters. The van der Waals surface area contributed by atoms with Gasteiger partial charge in [0.2, 0.25) is 0 Å². The summed E-state index contributed by atoms with van der Waals surface area (Å²) in [4.78, 5) is 36.3. The lowest BCUT2D eigenvalue weighted by atomic mass is 10.3. The molecule has 11 nitrogen and oxygen atoms in total. The van der Waals surface area contributed by atoms with Gasteiger partial charge in [0.05, 0.1) is 6.20 Å². The van der Waals surface area contributed by atoms with Crippen LogP contribution in [0, 0.1) is 0 Å². The summed E-state index contributed by atoms with van der Waals surface area (Å²) in [7, 11) is -3.08. The van der Waals surface area contributed by atoms with Crippen LogP contribution in [0.4, 0.5) is 5.82 Å². The molecule has 0 saturated carbocycles. The van der Waals surface area contributed by atoms with Gasteiger partial charge >= 0.3 is 11.7 Å². The fraction of sp³-hybridized carbons (Fsp3) is 0.111. The van der Waals surface area contributed by atoms with Crippen molar-refractivity contribution in [1.29, 1.82) is 0 Å². The Hall–Kier alpha value is -2.89. The second-order valence-corrected chi connectivity index (χ2v) is 5.53. The van der Waals surface area contributed by atoms with Gasteiger partial charge in [-0.1, -0.05) is 0 Å². The molecule has 0 aromatic carbocycles. The van der Waals surface area contributed by atoms with E-state index >= 15 is 0 Å². The number of H-pyrrole nitrogens is 2. The molecule has 12 heteroatoms. The van der Waals surface area contributed by atoms with Crippen LogP contribution in [-0.2, 0) is 17.1 Å². The van der Waals surface area contributed by atoms with Gasteiger partial charge < -0.3 is 10.1 Å². The molecule has 2 aromatic rings. The van der Waals surface area contributed by atoms with Crippen LogP contribution in [0.2, 0.25) is 0 Å². The van der Waals surface area contributed by atoms with Crippen LogP contribution in [0.25, 0.3) is 0 Å². The molecule has 0 aliphatic carbocycles. The minimum absolute atomic E-state index is 0.326. The van der Waals surface area contributed by atoms with Crippen molar-refractivity contribution in [2.75, 3.05) is 4.72 Å². The molecule has 21 heavy (non-hydrogen) atoms. The number of nitrogens with one attached hydrogen (secondary N) is 3. The Bertz CT molecular complexity index is 921. The highest BCUT2D eigenvalue weighted by Crippen LogP contribution is 2.17. The second kappa shape index (κ2) is 4.90. The first-order valence-corrected chi connectivity index (χ1v) is 6.81. The van der Waals surface area contributed by atoms with Crippen molar-refractivity contribution < 1.29 is 18.3 Å². The summed E-state index contributed by atoms with van der Waals surface area (Å²) in [5, 5.41) is 12.6. The van der Waals surface area contributed by atoms with Crippen LogP contribution < -0.4 is 16.0 Å². The van der Waals surface area contributed by atoms with E-state index in [0.717, 1.165) is 10.9 Å². The standard InChI is InChI=1S/C9H9N5O6S/c1-14-6(4(2-11-14)8(16)17)13-21(19,20)5-3-10-9(18)12-7(5)15/h2-3,13H,1H3,(H,16,17)(H2,10,12,15,18). The number of sulfonamides is 1. The van der Waals surface area contributed by atoms with Gasteiger partial charge in [-0.3, -0.25) is 19.2 Å². The van der Waals surface area contributed by atoms with Crippen LogP contribution >= 0.6 is 0 Å². The summed E-state index contributed by atoms with van der Waals surface area (Å²) < 4.78 is 27.1.